The molecule has 0 fully saturated rings. The zero-order valence-electron chi connectivity index (χ0n) is 21.1. The van der Waals surface area contributed by atoms with Crippen LogP contribution < -0.4 is 14.2 Å². The zero-order valence-corrected chi connectivity index (χ0v) is 21.1. The molecule has 188 valence electrons. The highest BCUT2D eigenvalue weighted by Crippen LogP contribution is 2.36. The van der Waals surface area contributed by atoms with Gasteiger partial charge in [-0.05, 0) is 73.9 Å². The third-order valence-corrected chi connectivity index (χ3v) is 5.25. The molecule has 0 bridgehead atoms. The minimum absolute atomic E-state index is 0.279. The van der Waals surface area contributed by atoms with E-state index in [2.05, 4.69) is 19.7 Å². The second-order valence-corrected chi connectivity index (χ2v) is 8.66. The van der Waals surface area contributed by atoms with Crippen molar-refractivity contribution in [2.75, 3.05) is 0 Å². The molecule has 0 amide bonds. The standard InChI is InChI=1S/C31H28O6/c1-19(2)29(32)35-25-13-7-10-22(16-25)28(23-11-8-14-26(17-23)36-30(33)20(3)4)24-12-9-15-27(18-24)37-31(34)21(5)6/h7-18,28H,1,3,5H2,2,4,6H3. The first-order valence-electron chi connectivity index (χ1n) is 11.5. The van der Waals surface area contributed by atoms with Crippen molar-refractivity contribution >= 4 is 17.9 Å². The summed E-state index contributed by atoms with van der Waals surface area (Å²) < 4.78 is 16.3. The quantitative estimate of drug-likeness (QED) is 0.149. The number of hydrogen-bond donors (Lipinski definition) is 0. The summed E-state index contributed by atoms with van der Waals surface area (Å²) in [5.74, 6) is -0.931. The average molecular weight is 497 g/mol. The Morgan fingerprint density at radius 3 is 1.05 bits per heavy atom. The van der Waals surface area contributed by atoms with Gasteiger partial charge in [-0.2, -0.15) is 0 Å². The van der Waals surface area contributed by atoms with Crippen molar-refractivity contribution < 1.29 is 28.6 Å². The van der Waals surface area contributed by atoms with E-state index in [9.17, 15) is 14.4 Å². The van der Waals surface area contributed by atoms with Crippen LogP contribution in [0.5, 0.6) is 17.2 Å². The smallest absolute Gasteiger partial charge is 0.338 e. The lowest BCUT2D eigenvalue weighted by atomic mass is 9.85. The van der Waals surface area contributed by atoms with E-state index in [0.29, 0.717) is 17.2 Å². The van der Waals surface area contributed by atoms with Crippen molar-refractivity contribution in [3.8, 4) is 17.2 Å². The van der Waals surface area contributed by atoms with Crippen molar-refractivity contribution in [2.24, 2.45) is 0 Å². The van der Waals surface area contributed by atoms with Gasteiger partial charge in [-0.3, -0.25) is 0 Å². The maximum atomic E-state index is 12.1. The van der Waals surface area contributed by atoms with Crippen LogP contribution in [0.1, 0.15) is 43.4 Å². The normalized spacial score (nSPS) is 10.4. The second kappa shape index (κ2) is 11.8. The summed E-state index contributed by atoms with van der Waals surface area (Å²) in [5, 5.41) is 0. The van der Waals surface area contributed by atoms with Gasteiger partial charge in [-0.15, -0.1) is 0 Å². The minimum Gasteiger partial charge on any atom is -0.423 e. The van der Waals surface area contributed by atoms with Gasteiger partial charge in [0.25, 0.3) is 0 Å². The van der Waals surface area contributed by atoms with E-state index in [-0.39, 0.29) is 16.7 Å². The van der Waals surface area contributed by atoms with Gasteiger partial charge < -0.3 is 14.2 Å². The number of esters is 3. The van der Waals surface area contributed by atoms with Gasteiger partial charge in [0.1, 0.15) is 17.2 Å². The Labute approximate surface area is 216 Å². The SMILES string of the molecule is C=C(C)C(=O)Oc1cccc(C(c2cccc(OC(=O)C(=C)C)c2)c2cccc(OC(=O)C(=C)C)c2)c1. The van der Waals surface area contributed by atoms with Gasteiger partial charge in [0.15, 0.2) is 0 Å². The molecule has 0 saturated heterocycles. The first kappa shape index (κ1) is 26.9. The highest BCUT2D eigenvalue weighted by molar-refractivity contribution is 5.89. The fourth-order valence-electron chi connectivity index (χ4n) is 3.43. The molecule has 6 nitrogen and oxygen atoms in total. The van der Waals surface area contributed by atoms with E-state index in [1.807, 2.05) is 18.2 Å². The molecule has 0 radical (unpaired) electrons. The highest BCUT2D eigenvalue weighted by Gasteiger charge is 2.20. The van der Waals surface area contributed by atoms with Crippen LogP contribution in [0.25, 0.3) is 0 Å². The molecule has 0 aliphatic carbocycles. The van der Waals surface area contributed by atoms with Crippen molar-refractivity contribution in [1.82, 2.24) is 0 Å². The van der Waals surface area contributed by atoms with Gasteiger partial charge in [0.2, 0.25) is 0 Å². The predicted molar refractivity (Wildman–Crippen MR) is 142 cm³/mol. The molecule has 0 atom stereocenters. The van der Waals surface area contributed by atoms with E-state index in [4.69, 9.17) is 14.2 Å². The Balaban J connectivity index is 2.10. The van der Waals surface area contributed by atoms with Crippen molar-refractivity contribution in [1.29, 1.82) is 0 Å². The second-order valence-electron chi connectivity index (χ2n) is 8.66. The maximum Gasteiger partial charge on any atom is 0.338 e. The third-order valence-electron chi connectivity index (χ3n) is 5.25. The molecule has 0 aliphatic heterocycles. The Morgan fingerprint density at radius 1 is 0.541 bits per heavy atom. The Kier molecular flexibility index (Phi) is 8.59. The topological polar surface area (TPSA) is 78.9 Å². The monoisotopic (exact) mass is 496 g/mol. The van der Waals surface area contributed by atoms with Crippen molar-refractivity contribution in [3.05, 3.63) is 126 Å². The van der Waals surface area contributed by atoms with Crippen LogP contribution in [0.3, 0.4) is 0 Å². The summed E-state index contributed by atoms with van der Waals surface area (Å²) in [5.41, 5.74) is 3.21. The number of benzene rings is 3. The number of carbonyl (C=O) groups excluding carboxylic acids is 3. The fourth-order valence-corrected chi connectivity index (χ4v) is 3.43. The van der Waals surface area contributed by atoms with E-state index in [1.165, 1.54) is 0 Å². The fraction of sp³-hybridized carbons (Fsp3) is 0.129. The van der Waals surface area contributed by atoms with E-state index in [0.717, 1.165) is 16.7 Å². The summed E-state index contributed by atoms with van der Waals surface area (Å²) in [6, 6.07) is 21.3. The number of ether oxygens (including phenoxy) is 3. The van der Waals surface area contributed by atoms with Gasteiger partial charge in [0, 0.05) is 22.6 Å². The molecule has 37 heavy (non-hydrogen) atoms. The molecule has 0 unspecified atom stereocenters. The maximum absolute atomic E-state index is 12.1. The molecule has 0 aromatic heterocycles. The molecule has 0 heterocycles. The number of carbonyl (C=O) groups is 3. The first-order valence-corrected chi connectivity index (χ1v) is 11.5. The molecule has 0 spiro atoms. The molecule has 0 N–H and O–H groups in total. The summed E-state index contributed by atoms with van der Waals surface area (Å²) in [6.07, 6.45) is 0. The lowest BCUT2D eigenvalue weighted by molar-refractivity contribution is -0.130. The summed E-state index contributed by atoms with van der Waals surface area (Å²) in [4.78, 5) is 36.3. The summed E-state index contributed by atoms with van der Waals surface area (Å²) in [7, 11) is 0. The summed E-state index contributed by atoms with van der Waals surface area (Å²) in [6.45, 7) is 15.6. The molecular formula is C31H28O6. The Hall–Kier alpha value is -4.71. The third kappa shape index (κ3) is 7.15. The average Bonchev–Trinajstić information content (AvgIpc) is 2.84. The lowest BCUT2D eigenvalue weighted by Crippen LogP contribution is -2.11. The van der Waals surface area contributed by atoms with Crippen LogP contribution >= 0.6 is 0 Å². The zero-order chi connectivity index (χ0) is 27.1. The molecule has 0 saturated carbocycles. The van der Waals surface area contributed by atoms with Gasteiger partial charge >= 0.3 is 17.9 Å². The van der Waals surface area contributed by atoms with Crippen LogP contribution in [0, 0.1) is 0 Å². The molecule has 3 aromatic rings. The Morgan fingerprint density at radius 2 is 0.811 bits per heavy atom. The highest BCUT2D eigenvalue weighted by atomic mass is 16.5. The van der Waals surface area contributed by atoms with Crippen molar-refractivity contribution in [2.45, 2.75) is 26.7 Å². The van der Waals surface area contributed by atoms with Crippen LogP contribution in [-0.2, 0) is 14.4 Å². The molecule has 0 aliphatic rings. The van der Waals surface area contributed by atoms with Gasteiger partial charge in [-0.1, -0.05) is 56.1 Å². The van der Waals surface area contributed by atoms with E-state index < -0.39 is 23.8 Å². The molecule has 3 aromatic carbocycles. The number of rotatable bonds is 9. The lowest BCUT2D eigenvalue weighted by Gasteiger charge is -2.21. The molecular weight excluding hydrogens is 468 g/mol. The van der Waals surface area contributed by atoms with Crippen LogP contribution in [-0.4, -0.2) is 17.9 Å². The molecule has 3 rings (SSSR count). The first-order chi connectivity index (χ1) is 17.5. The predicted octanol–water partition coefficient (Wildman–Crippen LogP) is 6.31. The van der Waals surface area contributed by atoms with Crippen LogP contribution in [0.15, 0.2) is 109 Å². The Bertz CT molecular complexity index is 1230. The van der Waals surface area contributed by atoms with E-state index >= 15 is 0 Å². The van der Waals surface area contributed by atoms with Gasteiger partial charge in [-0.25, -0.2) is 14.4 Å². The van der Waals surface area contributed by atoms with Crippen LogP contribution in [0.4, 0.5) is 0 Å². The minimum atomic E-state index is -0.531. The van der Waals surface area contributed by atoms with Gasteiger partial charge in [0.05, 0.1) is 0 Å². The van der Waals surface area contributed by atoms with Crippen molar-refractivity contribution in [3.63, 3.8) is 0 Å². The largest absolute Gasteiger partial charge is 0.423 e. The van der Waals surface area contributed by atoms with E-state index in [1.54, 1.807) is 75.4 Å². The number of hydrogen-bond acceptors (Lipinski definition) is 6. The molecule has 6 heteroatoms. The summed E-state index contributed by atoms with van der Waals surface area (Å²) >= 11 is 0. The van der Waals surface area contributed by atoms with Crippen LogP contribution in [0.2, 0.25) is 0 Å².